The summed E-state index contributed by atoms with van der Waals surface area (Å²) in [5.41, 5.74) is 5.39. The molecule has 0 bridgehead atoms. The van der Waals surface area contributed by atoms with E-state index in [1.165, 1.54) is 11.1 Å². The van der Waals surface area contributed by atoms with Crippen LogP contribution >= 0.6 is 11.6 Å². The SMILES string of the molecule is COc1ccc2c(c1)c(CC(=O)N1CCc3ccccc3C1)c(C)n2C(=O)c1ccc(Cl)cc1. The fourth-order valence-corrected chi connectivity index (χ4v) is 4.89. The number of rotatable bonds is 4. The molecule has 6 heteroatoms. The lowest BCUT2D eigenvalue weighted by Gasteiger charge is -2.29. The first-order chi connectivity index (χ1) is 16.5. The van der Waals surface area contributed by atoms with Crippen LogP contribution < -0.4 is 4.74 Å². The molecule has 0 radical (unpaired) electrons. The number of carbonyl (C=O) groups excluding carboxylic acids is 2. The van der Waals surface area contributed by atoms with E-state index in [-0.39, 0.29) is 18.2 Å². The zero-order valence-electron chi connectivity index (χ0n) is 19.2. The fourth-order valence-electron chi connectivity index (χ4n) is 4.77. The summed E-state index contributed by atoms with van der Waals surface area (Å²) in [6, 6.07) is 20.7. The molecule has 5 rings (SSSR count). The van der Waals surface area contributed by atoms with Crippen molar-refractivity contribution in [1.82, 2.24) is 9.47 Å². The summed E-state index contributed by atoms with van der Waals surface area (Å²) >= 11 is 6.01. The van der Waals surface area contributed by atoms with Crippen LogP contribution in [0.25, 0.3) is 10.9 Å². The predicted octanol–water partition coefficient (Wildman–Crippen LogP) is 5.43. The van der Waals surface area contributed by atoms with Crippen LogP contribution in [-0.2, 0) is 24.2 Å². The van der Waals surface area contributed by atoms with Gasteiger partial charge in [0.2, 0.25) is 5.91 Å². The molecule has 0 aliphatic carbocycles. The highest BCUT2D eigenvalue weighted by molar-refractivity contribution is 6.30. The highest BCUT2D eigenvalue weighted by Crippen LogP contribution is 2.31. The minimum atomic E-state index is -0.157. The number of hydrogen-bond acceptors (Lipinski definition) is 3. The molecular formula is C28H25ClN2O3. The van der Waals surface area contributed by atoms with Crippen molar-refractivity contribution in [1.29, 1.82) is 0 Å². The lowest BCUT2D eigenvalue weighted by atomic mass is 9.99. The second-order valence-corrected chi connectivity index (χ2v) is 9.04. The van der Waals surface area contributed by atoms with Gasteiger partial charge in [-0.25, -0.2) is 0 Å². The van der Waals surface area contributed by atoms with Gasteiger partial charge >= 0.3 is 0 Å². The number of carbonyl (C=O) groups is 2. The normalized spacial score (nSPS) is 13.1. The Morgan fingerprint density at radius 2 is 1.74 bits per heavy atom. The highest BCUT2D eigenvalue weighted by Gasteiger charge is 2.25. The van der Waals surface area contributed by atoms with Crippen LogP contribution in [0, 0.1) is 6.92 Å². The number of benzene rings is 3. The number of amides is 1. The second-order valence-electron chi connectivity index (χ2n) is 8.61. The molecule has 1 aliphatic rings. The molecule has 1 aliphatic heterocycles. The van der Waals surface area contributed by atoms with Crippen molar-refractivity contribution >= 4 is 34.3 Å². The Morgan fingerprint density at radius 3 is 2.47 bits per heavy atom. The molecule has 172 valence electrons. The third kappa shape index (κ3) is 3.97. The minimum Gasteiger partial charge on any atom is -0.497 e. The van der Waals surface area contributed by atoms with Crippen molar-refractivity contribution in [3.05, 3.63) is 99.7 Å². The van der Waals surface area contributed by atoms with Crippen LogP contribution in [0.15, 0.2) is 66.7 Å². The quantitative estimate of drug-likeness (QED) is 0.398. The number of halogens is 1. The van der Waals surface area contributed by atoms with E-state index in [0.717, 1.165) is 28.6 Å². The molecule has 1 aromatic heterocycles. The predicted molar refractivity (Wildman–Crippen MR) is 134 cm³/mol. The summed E-state index contributed by atoms with van der Waals surface area (Å²) < 4.78 is 7.13. The summed E-state index contributed by atoms with van der Waals surface area (Å²) in [6.07, 6.45) is 1.07. The van der Waals surface area contributed by atoms with Crippen LogP contribution in [-0.4, -0.2) is 34.9 Å². The Kier molecular flexibility index (Phi) is 5.88. The Morgan fingerprint density at radius 1 is 1.00 bits per heavy atom. The monoisotopic (exact) mass is 472 g/mol. The lowest BCUT2D eigenvalue weighted by Crippen LogP contribution is -2.37. The summed E-state index contributed by atoms with van der Waals surface area (Å²) in [7, 11) is 1.61. The number of methoxy groups -OCH3 is 1. The molecule has 0 fully saturated rings. The summed E-state index contributed by atoms with van der Waals surface area (Å²) in [5, 5.41) is 1.43. The van der Waals surface area contributed by atoms with Crippen molar-refractivity contribution in [2.75, 3.05) is 13.7 Å². The fraction of sp³-hybridized carbons (Fsp3) is 0.214. The molecule has 0 spiro atoms. The third-order valence-electron chi connectivity index (χ3n) is 6.65. The molecule has 5 nitrogen and oxygen atoms in total. The molecule has 0 saturated carbocycles. The van der Waals surface area contributed by atoms with E-state index in [9.17, 15) is 9.59 Å². The zero-order valence-corrected chi connectivity index (χ0v) is 19.9. The molecule has 34 heavy (non-hydrogen) atoms. The molecular weight excluding hydrogens is 448 g/mol. The van der Waals surface area contributed by atoms with E-state index < -0.39 is 0 Å². The topological polar surface area (TPSA) is 51.5 Å². The van der Waals surface area contributed by atoms with Crippen molar-refractivity contribution < 1.29 is 14.3 Å². The van der Waals surface area contributed by atoms with Gasteiger partial charge in [0.1, 0.15) is 5.75 Å². The first-order valence-corrected chi connectivity index (χ1v) is 11.7. The van der Waals surface area contributed by atoms with E-state index >= 15 is 0 Å². The largest absolute Gasteiger partial charge is 0.497 e. The number of nitrogens with zero attached hydrogens (tertiary/aromatic N) is 2. The molecule has 1 amide bonds. The Hall–Kier alpha value is -3.57. The Balaban J connectivity index is 1.53. The first-order valence-electron chi connectivity index (χ1n) is 11.3. The van der Waals surface area contributed by atoms with Crippen molar-refractivity contribution in [2.24, 2.45) is 0 Å². The Bertz CT molecular complexity index is 1410. The van der Waals surface area contributed by atoms with Gasteiger partial charge in [-0.15, -0.1) is 0 Å². The number of ether oxygens (including phenoxy) is 1. The standard InChI is InChI=1S/C28H25ClN2O3/c1-18-24(16-27(32)30-14-13-19-5-3-4-6-21(19)17-30)25-15-23(34-2)11-12-26(25)31(18)28(33)20-7-9-22(29)10-8-20/h3-12,15H,13-14,16-17H2,1-2H3. The molecule has 0 N–H and O–H groups in total. The van der Waals surface area contributed by atoms with Gasteiger partial charge in [-0.05, 0) is 72.5 Å². The van der Waals surface area contributed by atoms with E-state index in [0.29, 0.717) is 29.4 Å². The van der Waals surface area contributed by atoms with E-state index in [1.807, 2.05) is 42.2 Å². The average Bonchev–Trinajstić information content (AvgIpc) is 3.13. The van der Waals surface area contributed by atoms with Crippen molar-refractivity contribution in [3.63, 3.8) is 0 Å². The number of aromatic nitrogens is 1. The van der Waals surface area contributed by atoms with E-state index in [4.69, 9.17) is 16.3 Å². The summed E-state index contributed by atoms with van der Waals surface area (Å²) in [4.78, 5) is 28.8. The van der Waals surface area contributed by atoms with Crippen LogP contribution in [0.5, 0.6) is 5.75 Å². The van der Waals surface area contributed by atoms with E-state index in [2.05, 4.69) is 12.1 Å². The van der Waals surface area contributed by atoms with Gasteiger partial charge < -0.3 is 9.64 Å². The van der Waals surface area contributed by atoms with Gasteiger partial charge in [0.25, 0.3) is 5.91 Å². The third-order valence-corrected chi connectivity index (χ3v) is 6.90. The smallest absolute Gasteiger partial charge is 0.262 e. The second kappa shape index (κ2) is 8.99. The van der Waals surface area contributed by atoms with Crippen LogP contribution in [0.2, 0.25) is 5.02 Å². The number of hydrogen-bond donors (Lipinski definition) is 0. The van der Waals surface area contributed by atoms with Crippen LogP contribution in [0.4, 0.5) is 0 Å². The van der Waals surface area contributed by atoms with Gasteiger partial charge in [-0.3, -0.25) is 14.2 Å². The zero-order chi connectivity index (χ0) is 23.8. The average molecular weight is 473 g/mol. The van der Waals surface area contributed by atoms with E-state index in [1.54, 1.807) is 35.9 Å². The van der Waals surface area contributed by atoms with Crippen LogP contribution in [0.1, 0.15) is 32.7 Å². The molecule has 0 saturated heterocycles. The molecule has 3 aromatic carbocycles. The van der Waals surface area contributed by atoms with Crippen molar-refractivity contribution in [2.45, 2.75) is 26.3 Å². The first kappa shape index (κ1) is 22.2. The summed E-state index contributed by atoms with van der Waals surface area (Å²) in [6.45, 7) is 3.20. The van der Waals surface area contributed by atoms with Gasteiger partial charge in [0.05, 0.1) is 19.0 Å². The maximum Gasteiger partial charge on any atom is 0.262 e. The highest BCUT2D eigenvalue weighted by atomic mass is 35.5. The molecule has 4 aromatic rings. The minimum absolute atomic E-state index is 0.0541. The molecule has 2 heterocycles. The van der Waals surface area contributed by atoms with Gasteiger partial charge in [0.15, 0.2) is 0 Å². The van der Waals surface area contributed by atoms with Crippen LogP contribution in [0.3, 0.4) is 0 Å². The summed E-state index contributed by atoms with van der Waals surface area (Å²) in [5.74, 6) is 0.581. The lowest BCUT2D eigenvalue weighted by molar-refractivity contribution is -0.131. The van der Waals surface area contributed by atoms with Gasteiger partial charge in [0, 0.05) is 34.8 Å². The molecule has 0 atom stereocenters. The molecule has 0 unspecified atom stereocenters. The number of fused-ring (bicyclic) bond motifs is 2. The Labute approximate surface area is 203 Å². The van der Waals surface area contributed by atoms with Gasteiger partial charge in [-0.1, -0.05) is 35.9 Å². The maximum absolute atomic E-state index is 13.5. The maximum atomic E-state index is 13.5. The van der Waals surface area contributed by atoms with Crippen molar-refractivity contribution in [3.8, 4) is 5.75 Å². The van der Waals surface area contributed by atoms with Gasteiger partial charge in [-0.2, -0.15) is 0 Å².